The number of nitrogens with one attached hydrogen (secondary N) is 1. The molecule has 1 aliphatic carbocycles. The second kappa shape index (κ2) is 4.71. The number of pyridine rings is 1. The number of aromatic carboxylic acids is 1. The highest BCUT2D eigenvalue weighted by molar-refractivity contribution is 5.88. The predicted octanol–water partition coefficient (Wildman–Crippen LogP) is 1.27. The van der Waals surface area contributed by atoms with Gasteiger partial charge in [0.05, 0.1) is 11.7 Å². The molecule has 17 heavy (non-hydrogen) atoms. The summed E-state index contributed by atoms with van der Waals surface area (Å²) in [4.78, 5) is 15.0. The van der Waals surface area contributed by atoms with Crippen LogP contribution in [0.5, 0.6) is 0 Å². The molecule has 0 spiro atoms. The van der Waals surface area contributed by atoms with Gasteiger partial charge in [-0.05, 0) is 37.8 Å². The van der Waals surface area contributed by atoms with Gasteiger partial charge in [0.25, 0.3) is 0 Å². The van der Waals surface area contributed by atoms with Gasteiger partial charge in [0.2, 0.25) is 0 Å². The fourth-order valence-electron chi connectivity index (χ4n) is 1.74. The van der Waals surface area contributed by atoms with Gasteiger partial charge in [-0.15, -0.1) is 0 Å². The largest absolute Gasteiger partial charge is 0.478 e. The maximum atomic E-state index is 10.9. The Morgan fingerprint density at radius 2 is 2.29 bits per heavy atom. The summed E-state index contributed by atoms with van der Waals surface area (Å²) in [7, 11) is 0. The van der Waals surface area contributed by atoms with Crippen LogP contribution in [0.1, 0.15) is 28.9 Å². The van der Waals surface area contributed by atoms with E-state index in [0.29, 0.717) is 24.0 Å². The number of aliphatic hydroxyl groups is 1. The third-order valence-electron chi connectivity index (χ3n) is 2.86. The molecule has 1 unspecified atom stereocenters. The Bertz CT molecular complexity index is 430. The van der Waals surface area contributed by atoms with Crippen LogP contribution in [0.2, 0.25) is 0 Å². The first-order valence-corrected chi connectivity index (χ1v) is 5.70. The molecular weight excluding hydrogens is 220 g/mol. The second-order valence-corrected chi connectivity index (χ2v) is 4.47. The van der Waals surface area contributed by atoms with E-state index in [9.17, 15) is 9.90 Å². The highest BCUT2D eigenvalue weighted by Crippen LogP contribution is 2.32. The lowest BCUT2D eigenvalue weighted by atomic mass is 10.2. The van der Waals surface area contributed by atoms with Crippen LogP contribution in [0.4, 0.5) is 5.82 Å². The summed E-state index contributed by atoms with van der Waals surface area (Å²) in [6, 6.07) is 3.00. The molecule has 1 atom stereocenters. The maximum Gasteiger partial charge on any atom is 0.335 e. The van der Waals surface area contributed by atoms with Crippen molar-refractivity contribution in [2.45, 2.75) is 25.9 Å². The van der Waals surface area contributed by atoms with Crippen molar-refractivity contribution in [1.29, 1.82) is 0 Å². The molecule has 1 heterocycles. The van der Waals surface area contributed by atoms with Crippen molar-refractivity contribution in [3.05, 3.63) is 23.4 Å². The summed E-state index contributed by atoms with van der Waals surface area (Å²) >= 11 is 0. The zero-order chi connectivity index (χ0) is 12.4. The van der Waals surface area contributed by atoms with Crippen LogP contribution in [0.3, 0.4) is 0 Å². The Hall–Kier alpha value is -1.62. The molecule has 1 aliphatic rings. The molecule has 1 aromatic heterocycles. The fourth-order valence-corrected chi connectivity index (χ4v) is 1.74. The van der Waals surface area contributed by atoms with Crippen LogP contribution in [0, 0.1) is 12.8 Å². The lowest BCUT2D eigenvalue weighted by molar-refractivity contribution is 0.0696. The average molecular weight is 236 g/mol. The highest BCUT2D eigenvalue weighted by Gasteiger charge is 2.29. The number of aromatic nitrogens is 1. The van der Waals surface area contributed by atoms with Crippen molar-refractivity contribution < 1.29 is 15.0 Å². The molecular formula is C12H16N2O3. The molecule has 0 aliphatic heterocycles. The quantitative estimate of drug-likeness (QED) is 0.717. The number of aliphatic hydroxyl groups excluding tert-OH is 1. The Morgan fingerprint density at radius 1 is 1.59 bits per heavy atom. The average Bonchev–Trinajstić information content (AvgIpc) is 3.08. The molecule has 1 fully saturated rings. The van der Waals surface area contributed by atoms with Crippen molar-refractivity contribution in [3.63, 3.8) is 0 Å². The van der Waals surface area contributed by atoms with Gasteiger partial charge in [-0.3, -0.25) is 0 Å². The van der Waals surface area contributed by atoms with Crippen LogP contribution in [-0.4, -0.2) is 33.8 Å². The monoisotopic (exact) mass is 236 g/mol. The molecule has 2 rings (SSSR count). The first kappa shape index (κ1) is 11.9. The second-order valence-electron chi connectivity index (χ2n) is 4.47. The molecule has 5 heteroatoms. The Balaban J connectivity index is 2.01. The molecule has 92 valence electrons. The number of hydrogen-bond acceptors (Lipinski definition) is 4. The normalized spacial score (nSPS) is 16.6. The third kappa shape index (κ3) is 3.17. The number of carboxylic acid groups (broad SMARTS) is 1. The van der Waals surface area contributed by atoms with Gasteiger partial charge in [0.15, 0.2) is 0 Å². The minimum atomic E-state index is -0.971. The molecule has 0 saturated heterocycles. The summed E-state index contributed by atoms with van der Waals surface area (Å²) in [5.74, 6) is -0.0744. The minimum Gasteiger partial charge on any atom is -0.478 e. The first-order chi connectivity index (χ1) is 8.06. The van der Waals surface area contributed by atoms with E-state index in [4.69, 9.17) is 5.11 Å². The van der Waals surface area contributed by atoms with Gasteiger partial charge in [-0.25, -0.2) is 9.78 Å². The van der Waals surface area contributed by atoms with E-state index in [1.807, 2.05) is 0 Å². The van der Waals surface area contributed by atoms with Crippen LogP contribution in [0.15, 0.2) is 12.1 Å². The molecule has 0 radical (unpaired) electrons. The van der Waals surface area contributed by atoms with Gasteiger partial charge < -0.3 is 15.5 Å². The van der Waals surface area contributed by atoms with E-state index in [1.165, 1.54) is 12.1 Å². The van der Waals surface area contributed by atoms with E-state index >= 15 is 0 Å². The Morgan fingerprint density at radius 3 is 2.88 bits per heavy atom. The van der Waals surface area contributed by atoms with Crippen molar-refractivity contribution in [2.75, 3.05) is 11.9 Å². The number of rotatable bonds is 5. The van der Waals surface area contributed by atoms with Gasteiger partial charge in [0, 0.05) is 12.2 Å². The summed E-state index contributed by atoms with van der Waals surface area (Å²) in [5.41, 5.74) is 0.856. The molecule has 0 aromatic carbocycles. The van der Waals surface area contributed by atoms with Gasteiger partial charge in [-0.2, -0.15) is 0 Å². The van der Waals surface area contributed by atoms with E-state index in [0.717, 1.165) is 12.8 Å². The summed E-state index contributed by atoms with van der Waals surface area (Å²) < 4.78 is 0. The van der Waals surface area contributed by atoms with E-state index in [1.54, 1.807) is 6.92 Å². The molecule has 0 bridgehead atoms. The minimum absolute atomic E-state index is 0.209. The number of nitrogens with zero attached hydrogens (tertiary/aromatic N) is 1. The number of hydrogen-bond donors (Lipinski definition) is 3. The molecule has 1 saturated carbocycles. The van der Waals surface area contributed by atoms with Gasteiger partial charge >= 0.3 is 5.97 Å². The highest BCUT2D eigenvalue weighted by atomic mass is 16.4. The van der Waals surface area contributed by atoms with Crippen molar-refractivity contribution in [3.8, 4) is 0 Å². The van der Waals surface area contributed by atoms with Crippen LogP contribution < -0.4 is 5.32 Å². The number of aryl methyl sites for hydroxylation is 1. The van der Waals surface area contributed by atoms with Crippen LogP contribution >= 0.6 is 0 Å². The first-order valence-electron chi connectivity index (χ1n) is 5.70. The third-order valence-corrected chi connectivity index (χ3v) is 2.86. The topological polar surface area (TPSA) is 82.5 Å². The van der Waals surface area contributed by atoms with Crippen LogP contribution in [-0.2, 0) is 0 Å². The maximum absolute atomic E-state index is 10.9. The van der Waals surface area contributed by atoms with Crippen molar-refractivity contribution >= 4 is 11.8 Å². The smallest absolute Gasteiger partial charge is 0.335 e. The number of carbonyl (C=O) groups is 1. The van der Waals surface area contributed by atoms with E-state index in [-0.39, 0.29) is 11.7 Å². The molecule has 5 nitrogen and oxygen atoms in total. The van der Waals surface area contributed by atoms with Crippen LogP contribution in [0.25, 0.3) is 0 Å². The zero-order valence-corrected chi connectivity index (χ0v) is 9.68. The summed E-state index contributed by atoms with van der Waals surface area (Å²) in [6.45, 7) is 2.16. The molecule has 3 N–H and O–H groups in total. The van der Waals surface area contributed by atoms with E-state index < -0.39 is 5.97 Å². The lowest BCUT2D eigenvalue weighted by Crippen LogP contribution is -2.22. The predicted molar refractivity (Wildman–Crippen MR) is 63.2 cm³/mol. The molecule has 1 aromatic rings. The SMILES string of the molecule is Cc1cc(C(=O)O)cc(NCC(O)C2CC2)n1. The zero-order valence-electron chi connectivity index (χ0n) is 9.68. The summed E-state index contributed by atoms with van der Waals surface area (Å²) in [5, 5.41) is 21.6. The summed E-state index contributed by atoms with van der Waals surface area (Å²) in [6.07, 6.45) is 1.78. The number of carboxylic acids is 1. The standard InChI is InChI=1S/C12H16N2O3/c1-7-4-9(12(16)17)5-11(14-7)13-6-10(15)8-2-3-8/h4-5,8,10,15H,2-3,6H2,1H3,(H,13,14)(H,16,17). The fraction of sp³-hybridized carbons (Fsp3) is 0.500. The van der Waals surface area contributed by atoms with Gasteiger partial charge in [-0.1, -0.05) is 0 Å². The lowest BCUT2D eigenvalue weighted by Gasteiger charge is -2.12. The van der Waals surface area contributed by atoms with E-state index in [2.05, 4.69) is 10.3 Å². The Kier molecular flexibility index (Phi) is 3.28. The molecule has 0 amide bonds. The number of anilines is 1. The Labute approximate surface area is 99.5 Å². The van der Waals surface area contributed by atoms with Crippen molar-refractivity contribution in [2.24, 2.45) is 5.92 Å². The van der Waals surface area contributed by atoms with Gasteiger partial charge in [0.1, 0.15) is 5.82 Å². The van der Waals surface area contributed by atoms with Crippen molar-refractivity contribution in [1.82, 2.24) is 4.98 Å².